The third-order valence-electron chi connectivity index (χ3n) is 4.75. The fraction of sp³-hybridized carbons (Fsp3) is 0.208. The molecule has 0 aliphatic rings. The van der Waals surface area contributed by atoms with Crippen LogP contribution in [0.1, 0.15) is 23.4 Å². The standard InChI is InChI=1S/C24H25N3O7/c1-31-18-8-5-4-7-15(18)25-22(28)10-11-23(29)26-16-13-21(33-3)17(14-20(16)32-2)27-24(30)19-9-6-12-34-19/h4-9,12-14H,10-11H2,1-3H3,(H,25,28)(H,26,29)(H,27,30). The van der Waals surface area contributed by atoms with Crippen LogP contribution in [-0.4, -0.2) is 39.1 Å². The number of carbonyl (C=O) groups excluding carboxylic acids is 3. The van der Waals surface area contributed by atoms with E-state index < -0.39 is 11.8 Å². The zero-order chi connectivity index (χ0) is 24.5. The van der Waals surface area contributed by atoms with Gasteiger partial charge in [0, 0.05) is 25.0 Å². The van der Waals surface area contributed by atoms with Crippen LogP contribution in [0.3, 0.4) is 0 Å². The van der Waals surface area contributed by atoms with Crippen molar-refractivity contribution in [1.29, 1.82) is 0 Å². The van der Waals surface area contributed by atoms with Crippen molar-refractivity contribution in [3.63, 3.8) is 0 Å². The second kappa shape index (κ2) is 11.4. The van der Waals surface area contributed by atoms with Crippen molar-refractivity contribution in [2.75, 3.05) is 37.3 Å². The number of ether oxygens (including phenoxy) is 3. The molecule has 3 aromatic rings. The fourth-order valence-electron chi connectivity index (χ4n) is 3.09. The molecule has 3 N–H and O–H groups in total. The average molecular weight is 467 g/mol. The highest BCUT2D eigenvalue weighted by Crippen LogP contribution is 2.36. The van der Waals surface area contributed by atoms with Crippen LogP contribution in [0, 0.1) is 0 Å². The minimum Gasteiger partial charge on any atom is -0.495 e. The molecule has 0 aliphatic heterocycles. The molecule has 0 radical (unpaired) electrons. The summed E-state index contributed by atoms with van der Waals surface area (Å²) >= 11 is 0. The molecule has 0 spiro atoms. The number of methoxy groups -OCH3 is 3. The third kappa shape index (κ3) is 6.06. The summed E-state index contributed by atoms with van der Waals surface area (Å²) in [6, 6.07) is 13.2. The molecule has 0 aliphatic carbocycles. The van der Waals surface area contributed by atoms with Crippen molar-refractivity contribution in [2.45, 2.75) is 12.8 Å². The van der Waals surface area contributed by atoms with Crippen LogP contribution in [0.25, 0.3) is 0 Å². The molecule has 0 unspecified atom stereocenters. The normalized spacial score (nSPS) is 10.2. The molecule has 0 atom stereocenters. The average Bonchev–Trinajstić information content (AvgIpc) is 3.39. The summed E-state index contributed by atoms with van der Waals surface area (Å²) in [6.45, 7) is 0. The number of amides is 3. The Hall–Kier alpha value is -4.47. The number of furan rings is 1. The van der Waals surface area contributed by atoms with Crippen LogP contribution in [0.15, 0.2) is 59.2 Å². The van der Waals surface area contributed by atoms with Gasteiger partial charge in [-0.05, 0) is 24.3 Å². The summed E-state index contributed by atoms with van der Waals surface area (Å²) in [5, 5.41) is 8.11. The molecular formula is C24H25N3O7. The smallest absolute Gasteiger partial charge is 0.291 e. The van der Waals surface area contributed by atoms with E-state index in [1.165, 1.54) is 45.8 Å². The molecule has 2 aromatic carbocycles. The van der Waals surface area contributed by atoms with Crippen molar-refractivity contribution in [3.05, 3.63) is 60.6 Å². The predicted octanol–water partition coefficient (Wildman–Crippen LogP) is 3.92. The second-order valence-corrected chi connectivity index (χ2v) is 6.98. The van der Waals surface area contributed by atoms with Crippen LogP contribution in [0.2, 0.25) is 0 Å². The predicted molar refractivity (Wildman–Crippen MR) is 126 cm³/mol. The first-order valence-electron chi connectivity index (χ1n) is 10.3. The van der Waals surface area contributed by atoms with Gasteiger partial charge in [-0.1, -0.05) is 12.1 Å². The summed E-state index contributed by atoms with van der Waals surface area (Å²) in [4.78, 5) is 37.1. The number of para-hydroxylation sites is 2. The van der Waals surface area contributed by atoms with Gasteiger partial charge in [-0.25, -0.2) is 0 Å². The second-order valence-electron chi connectivity index (χ2n) is 6.98. The maximum absolute atomic E-state index is 12.5. The van der Waals surface area contributed by atoms with E-state index in [0.717, 1.165) is 0 Å². The van der Waals surface area contributed by atoms with Gasteiger partial charge in [-0.2, -0.15) is 0 Å². The number of nitrogens with one attached hydrogen (secondary N) is 3. The van der Waals surface area contributed by atoms with Gasteiger partial charge in [-0.3, -0.25) is 14.4 Å². The molecule has 0 bridgehead atoms. The third-order valence-corrected chi connectivity index (χ3v) is 4.75. The maximum atomic E-state index is 12.5. The van der Waals surface area contributed by atoms with Crippen LogP contribution in [0.4, 0.5) is 17.1 Å². The molecule has 1 heterocycles. The topological polar surface area (TPSA) is 128 Å². The molecule has 10 nitrogen and oxygen atoms in total. The Balaban J connectivity index is 1.64. The molecule has 0 fully saturated rings. The fourth-order valence-corrected chi connectivity index (χ4v) is 3.09. The Labute approximate surface area is 196 Å². The molecule has 1 aromatic heterocycles. The summed E-state index contributed by atoms with van der Waals surface area (Å²) in [7, 11) is 4.36. The Kier molecular flexibility index (Phi) is 8.11. The first-order chi connectivity index (χ1) is 16.4. The van der Waals surface area contributed by atoms with Crippen molar-refractivity contribution in [1.82, 2.24) is 0 Å². The van der Waals surface area contributed by atoms with Crippen LogP contribution < -0.4 is 30.2 Å². The van der Waals surface area contributed by atoms with Crippen molar-refractivity contribution in [3.8, 4) is 17.2 Å². The summed E-state index contributed by atoms with van der Waals surface area (Å²) in [5.41, 5.74) is 1.18. The Morgan fingerprint density at radius 1 is 0.706 bits per heavy atom. The van der Waals surface area contributed by atoms with E-state index in [1.54, 1.807) is 30.3 Å². The SMILES string of the molecule is COc1ccccc1NC(=O)CCC(=O)Nc1cc(OC)c(NC(=O)c2ccco2)cc1OC. The van der Waals surface area contributed by atoms with Crippen LogP contribution in [0.5, 0.6) is 17.2 Å². The first kappa shape index (κ1) is 24.2. The van der Waals surface area contributed by atoms with Gasteiger partial charge < -0.3 is 34.6 Å². The Bertz CT molecular complexity index is 1160. The first-order valence-corrected chi connectivity index (χ1v) is 10.3. The quantitative estimate of drug-likeness (QED) is 0.412. The van der Waals surface area contributed by atoms with E-state index >= 15 is 0 Å². The van der Waals surface area contributed by atoms with Gasteiger partial charge in [0.15, 0.2) is 5.76 Å². The number of hydrogen-bond acceptors (Lipinski definition) is 7. The molecule has 0 saturated carbocycles. The summed E-state index contributed by atoms with van der Waals surface area (Å²) in [6.07, 6.45) is 1.28. The molecule has 178 valence electrons. The zero-order valence-corrected chi connectivity index (χ0v) is 19.0. The van der Waals surface area contributed by atoms with E-state index in [0.29, 0.717) is 34.3 Å². The largest absolute Gasteiger partial charge is 0.495 e. The Morgan fingerprint density at radius 2 is 1.26 bits per heavy atom. The van der Waals surface area contributed by atoms with Gasteiger partial charge in [0.05, 0.1) is 44.7 Å². The molecule has 3 rings (SSSR count). The molecule has 34 heavy (non-hydrogen) atoms. The van der Waals surface area contributed by atoms with Gasteiger partial charge >= 0.3 is 0 Å². The highest BCUT2D eigenvalue weighted by molar-refractivity contribution is 6.04. The van der Waals surface area contributed by atoms with E-state index in [-0.39, 0.29) is 24.5 Å². The molecule has 3 amide bonds. The number of anilines is 3. The summed E-state index contributed by atoms with van der Waals surface area (Å²) < 4.78 is 21.0. The summed E-state index contributed by atoms with van der Waals surface area (Å²) in [5.74, 6) is 0.0414. The Morgan fingerprint density at radius 3 is 1.82 bits per heavy atom. The van der Waals surface area contributed by atoms with Gasteiger partial charge in [-0.15, -0.1) is 0 Å². The minimum atomic E-state index is -0.469. The van der Waals surface area contributed by atoms with E-state index in [9.17, 15) is 14.4 Å². The lowest BCUT2D eigenvalue weighted by molar-refractivity contribution is -0.121. The van der Waals surface area contributed by atoms with Gasteiger partial charge in [0.1, 0.15) is 17.2 Å². The lowest BCUT2D eigenvalue weighted by Gasteiger charge is -2.16. The van der Waals surface area contributed by atoms with E-state index in [2.05, 4.69) is 16.0 Å². The van der Waals surface area contributed by atoms with Crippen LogP contribution in [-0.2, 0) is 9.59 Å². The lowest BCUT2D eigenvalue weighted by Crippen LogP contribution is -2.18. The van der Waals surface area contributed by atoms with Crippen molar-refractivity contribution < 1.29 is 33.0 Å². The number of hydrogen-bond donors (Lipinski definition) is 3. The number of rotatable bonds is 10. The zero-order valence-electron chi connectivity index (χ0n) is 19.0. The molecule has 10 heteroatoms. The van der Waals surface area contributed by atoms with Crippen molar-refractivity contribution >= 4 is 34.8 Å². The molecular weight excluding hydrogens is 442 g/mol. The maximum Gasteiger partial charge on any atom is 0.291 e. The lowest BCUT2D eigenvalue weighted by atomic mass is 10.2. The monoisotopic (exact) mass is 467 g/mol. The van der Waals surface area contributed by atoms with Crippen molar-refractivity contribution in [2.24, 2.45) is 0 Å². The number of carbonyl (C=O) groups is 3. The number of benzene rings is 2. The molecule has 0 saturated heterocycles. The van der Waals surface area contributed by atoms with E-state index in [1.807, 2.05) is 0 Å². The van der Waals surface area contributed by atoms with Gasteiger partial charge in [0.2, 0.25) is 11.8 Å². The minimum absolute atomic E-state index is 0.0411. The van der Waals surface area contributed by atoms with Gasteiger partial charge in [0.25, 0.3) is 5.91 Å². The van der Waals surface area contributed by atoms with E-state index in [4.69, 9.17) is 18.6 Å². The highest BCUT2D eigenvalue weighted by atomic mass is 16.5. The highest BCUT2D eigenvalue weighted by Gasteiger charge is 2.18. The van der Waals surface area contributed by atoms with Crippen LogP contribution >= 0.6 is 0 Å².